The molecule has 0 radical (unpaired) electrons. The lowest BCUT2D eigenvalue weighted by Gasteiger charge is -2.12. The first-order valence-corrected chi connectivity index (χ1v) is 10.9. The molecule has 3 aromatic rings. The number of aromatic hydroxyl groups is 1. The van der Waals surface area contributed by atoms with Crippen LogP contribution in [0.5, 0.6) is 11.6 Å². The van der Waals surface area contributed by atoms with Crippen molar-refractivity contribution in [3.63, 3.8) is 0 Å². The summed E-state index contributed by atoms with van der Waals surface area (Å²) in [6, 6.07) is 13.1. The normalized spacial score (nSPS) is 14.5. The maximum absolute atomic E-state index is 12.5. The molecule has 1 aliphatic carbocycles. The molecule has 0 saturated carbocycles. The number of aromatic nitrogens is 1. The quantitative estimate of drug-likeness (QED) is 0.281. The molecule has 150 valence electrons. The maximum Gasteiger partial charge on any atom is 0.232 e. The molecule has 0 bridgehead atoms. The van der Waals surface area contributed by atoms with Gasteiger partial charge in [0.05, 0.1) is 22.7 Å². The Labute approximate surface area is 190 Å². The lowest BCUT2D eigenvalue weighted by atomic mass is 9.91. The summed E-state index contributed by atoms with van der Waals surface area (Å²) in [5.74, 6) is 0.481. The van der Waals surface area contributed by atoms with Gasteiger partial charge in [-0.1, -0.05) is 41.7 Å². The number of carbonyl (C=O) groups is 1. The van der Waals surface area contributed by atoms with Crippen molar-refractivity contribution in [2.75, 3.05) is 7.11 Å². The Balaban J connectivity index is 1.70. The van der Waals surface area contributed by atoms with Gasteiger partial charge in [-0.2, -0.15) is 9.78 Å². The van der Waals surface area contributed by atoms with Gasteiger partial charge >= 0.3 is 0 Å². The number of benzene rings is 2. The molecule has 0 fully saturated rings. The Hall–Kier alpha value is -2.81. The van der Waals surface area contributed by atoms with E-state index in [-0.39, 0.29) is 11.7 Å². The number of ether oxygens (including phenoxy) is 1. The number of carbonyl (C=O) groups excluding carboxylic acids is 1. The lowest BCUT2D eigenvalue weighted by Crippen LogP contribution is -2.04. The summed E-state index contributed by atoms with van der Waals surface area (Å²) in [6.07, 6.45) is 6.57. The van der Waals surface area contributed by atoms with Gasteiger partial charge in [-0.05, 0) is 75.2 Å². The molecule has 1 heterocycles. The number of fused-ring (bicyclic) bond motifs is 1. The molecule has 8 heteroatoms. The predicted molar refractivity (Wildman–Crippen MR) is 127 cm³/mol. The zero-order valence-electron chi connectivity index (χ0n) is 15.7. The number of allylic oxidation sites excluding steroid dienone is 2. The highest BCUT2D eigenvalue weighted by Crippen LogP contribution is 2.34. The molecule has 2 aromatic carbocycles. The van der Waals surface area contributed by atoms with Crippen LogP contribution in [0.15, 0.2) is 58.1 Å². The molecule has 0 atom stereocenters. The van der Waals surface area contributed by atoms with E-state index >= 15 is 0 Å². The van der Waals surface area contributed by atoms with Crippen LogP contribution >= 0.6 is 39.5 Å². The monoisotopic (exact) mass is 498 g/mol. The zero-order valence-corrected chi connectivity index (χ0v) is 18.9. The number of halogens is 1. The van der Waals surface area contributed by atoms with Crippen molar-refractivity contribution < 1.29 is 14.6 Å². The molecule has 0 aliphatic heterocycles. The number of ketones is 1. The van der Waals surface area contributed by atoms with E-state index in [1.165, 1.54) is 22.1 Å². The second kappa shape index (κ2) is 8.51. The van der Waals surface area contributed by atoms with E-state index in [4.69, 9.17) is 17.0 Å². The van der Waals surface area contributed by atoms with Crippen LogP contribution in [-0.2, 0) is 4.79 Å². The maximum atomic E-state index is 12.5. The summed E-state index contributed by atoms with van der Waals surface area (Å²) in [5, 5.41) is 15.0. The first-order valence-electron chi connectivity index (χ1n) is 8.84. The highest BCUT2D eigenvalue weighted by atomic mass is 79.9. The van der Waals surface area contributed by atoms with Crippen LogP contribution in [-0.4, -0.2) is 28.9 Å². The third-order valence-corrected chi connectivity index (χ3v) is 6.41. The fourth-order valence-corrected chi connectivity index (χ4v) is 4.74. The van der Waals surface area contributed by atoms with Crippen molar-refractivity contribution in [1.82, 2.24) is 4.68 Å². The molecule has 4 rings (SSSR count). The minimum Gasteiger partial charge on any atom is -0.496 e. The molecule has 0 spiro atoms. The Bertz CT molecular complexity index is 1300. The van der Waals surface area contributed by atoms with Gasteiger partial charge < -0.3 is 9.84 Å². The summed E-state index contributed by atoms with van der Waals surface area (Å²) >= 11 is 9.99. The Morgan fingerprint density at radius 1 is 1.23 bits per heavy atom. The van der Waals surface area contributed by atoms with Crippen LogP contribution < -0.4 is 4.74 Å². The van der Waals surface area contributed by atoms with Crippen LogP contribution in [0, 0.1) is 3.95 Å². The summed E-state index contributed by atoms with van der Waals surface area (Å²) in [6.45, 7) is 0. The van der Waals surface area contributed by atoms with Crippen LogP contribution in [0.1, 0.15) is 21.6 Å². The largest absolute Gasteiger partial charge is 0.496 e. The molecular formula is C22H15BrN2O3S2. The Morgan fingerprint density at radius 3 is 2.80 bits per heavy atom. The molecule has 30 heavy (non-hydrogen) atoms. The Morgan fingerprint density at radius 2 is 2.03 bits per heavy atom. The minimum absolute atomic E-state index is 0.110. The van der Waals surface area contributed by atoms with E-state index in [1.54, 1.807) is 25.5 Å². The third kappa shape index (κ3) is 3.94. The molecule has 1 aromatic heterocycles. The van der Waals surface area contributed by atoms with Gasteiger partial charge in [0, 0.05) is 5.57 Å². The van der Waals surface area contributed by atoms with Crippen LogP contribution in [0.25, 0.3) is 17.7 Å². The van der Waals surface area contributed by atoms with Gasteiger partial charge in [-0.25, -0.2) is 0 Å². The van der Waals surface area contributed by atoms with E-state index < -0.39 is 0 Å². The number of rotatable bonds is 4. The SMILES string of the molecule is COc1ccc(C=Nn2c(O)c(C=C3C(=O)C=Cc4ccccc43)sc2=S)cc1Br. The molecular weight excluding hydrogens is 484 g/mol. The summed E-state index contributed by atoms with van der Waals surface area (Å²) in [4.78, 5) is 12.9. The second-order valence-electron chi connectivity index (χ2n) is 6.35. The highest BCUT2D eigenvalue weighted by molar-refractivity contribution is 9.10. The fourth-order valence-electron chi connectivity index (χ4n) is 3.01. The standard InChI is InChI=1S/C22H15BrN2O3S2/c1-28-19-9-6-13(10-17(19)23)12-24-25-21(27)20(30-22(25)29)11-16-15-5-3-2-4-14(15)7-8-18(16)26/h2-12,27H,1H3. The van der Waals surface area contributed by atoms with E-state index in [9.17, 15) is 9.90 Å². The van der Waals surface area contributed by atoms with E-state index in [1.807, 2.05) is 42.5 Å². The Kier molecular flexibility index (Phi) is 5.80. The van der Waals surface area contributed by atoms with E-state index in [0.29, 0.717) is 20.2 Å². The summed E-state index contributed by atoms with van der Waals surface area (Å²) in [7, 11) is 1.60. The van der Waals surface area contributed by atoms with Gasteiger partial charge in [0.1, 0.15) is 5.75 Å². The number of hydrogen-bond donors (Lipinski definition) is 1. The average molecular weight is 499 g/mol. The molecule has 0 saturated heterocycles. The molecule has 1 N–H and O–H groups in total. The third-order valence-electron chi connectivity index (χ3n) is 4.50. The highest BCUT2D eigenvalue weighted by Gasteiger charge is 2.19. The lowest BCUT2D eigenvalue weighted by molar-refractivity contribution is -0.109. The van der Waals surface area contributed by atoms with Crippen LogP contribution in [0.3, 0.4) is 0 Å². The first kappa shape index (κ1) is 20.5. The van der Waals surface area contributed by atoms with Gasteiger partial charge in [0.25, 0.3) is 0 Å². The van der Waals surface area contributed by atoms with Crippen LogP contribution in [0.2, 0.25) is 0 Å². The van der Waals surface area contributed by atoms with Gasteiger partial charge in [0.2, 0.25) is 5.88 Å². The second-order valence-corrected chi connectivity index (χ2v) is 8.88. The van der Waals surface area contributed by atoms with Crippen molar-refractivity contribution in [2.24, 2.45) is 5.10 Å². The molecule has 0 amide bonds. The molecule has 1 aliphatic rings. The topological polar surface area (TPSA) is 63.8 Å². The number of thiazole rings is 1. The van der Waals surface area contributed by atoms with Crippen molar-refractivity contribution in [3.8, 4) is 11.6 Å². The predicted octanol–water partition coefficient (Wildman–Crippen LogP) is 5.77. The van der Waals surface area contributed by atoms with E-state index in [2.05, 4.69) is 21.0 Å². The van der Waals surface area contributed by atoms with Crippen molar-refractivity contribution in [3.05, 3.63) is 78.5 Å². The minimum atomic E-state index is -0.120. The van der Waals surface area contributed by atoms with Gasteiger partial charge in [0.15, 0.2) is 9.74 Å². The number of hydrogen-bond acceptors (Lipinski definition) is 6. The van der Waals surface area contributed by atoms with Crippen LogP contribution in [0.4, 0.5) is 0 Å². The number of nitrogens with zero attached hydrogens (tertiary/aromatic N) is 2. The van der Waals surface area contributed by atoms with Crippen molar-refractivity contribution in [1.29, 1.82) is 0 Å². The van der Waals surface area contributed by atoms with E-state index in [0.717, 1.165) is 21.2 Å². The van der Waals surface area contributed by atoms with Gasteiger partial charge in [-0.3, -0.25) is 4.79 Å². The summed E-state index contributed by atoms with van der Waals surface area (Å²) in [5.41, 5.74) is 3.09. The molecule has 0 unspecified atom stereocenters. The first-order chi connectivity index (χ1) is 14.5. The smallest absolute Gasteiger partial charge is 0.232 e. The zero-order chi connectivity index (χ0) is 21.3. The summed E-state index contributed by atoms with van der Waals surface area (Å²) < 4.78 is 7.66. The molecule has 5 nitrogen and oxygen atoms in total. The average Bonchev–Trinajstić information content (AvgIpc) is 3.01. The van der Waals surface area contributed by atoms with Crippen molar-refractivity contribution in [2.45, 2.75) is 0 Å². The number of methoxy groups -OCH3 is 1. The van der Waals surface area contributed by atoms with Crippen molar-refractivity contribution >= 4 is 69.2 Å². The van der Waals surface area contributed by atoms with Gasteiger partial charge in [-0.15, -0.1) is 0 Å². The fraction of sp³-hybridized carbons (Fsp3) is 0.0455.